The summed E-state index contributed by atoms with van der Waals surface area (Å²) in [5.41, 5.74) is 2.38. The highest BCUT2D eigenvalue weighted by Gasteiger charge is 2.05. The summed E-state index contributed by atoms with van der Waals surface area (Å²) in [4.78, 5) is 15.8. The van der Waals surface area contributed by atoms with Crippen molar-refractivity contribution in [1.82, 2.24) is 15.6 Å². The number of ether oxygens (including phenoxy) is 1. The van der Waals surface area contributed by atoms with Crippen LogP contribution >= 0.6 is 11.6 Å². The van der Waals surface area contributed by atoms with Crippen molar-refractivity contribution in [3.63, 3.8) is 0 Å². The predicted octanol–water partition coefficient (Wildman–Crippen LogP) is 2.77. The number of benzene rings is 2. The average molecular weight is 360 g/mol. The minimum Gasteiger partial charge on any atom is -0.492 e. The van der Waals surface area contributed by atoms with E-state index in [2.05, 4.69) is 15.6 Å². The SMILES string of the molecule is O=C(CNCc1ccccc1)NCCOc1ccc2nc(Cl)oc2c1. The highest BCUT2D eigenvalue weighted by atomic mass is 35.5. The Hall–Kier alpha value is -2.57. The molecule has 0 aliphatic heterocycles. The number of rotatable bonds is 8. The molecule has 130 valence electrons. The van der Waals surface area contributed by atoms with Crippen LogP contribution in [-0.2, 0) is 11.3 Å². The van der Waals surface area contributed by atoms with Crippen molar-refractivity contribution in [2.24, 2.45) is 0 Å². The largest absolute Gasteiger partial charge is 0.492 e. The van der Waals surface area contributed by atoms with Gasteiger partial charge in [0.15, 0.2) is 5.58 Å². The van der Waals surface area contributed by atoms with Crippen LogP contribution in [0.4, 0.5) is 0 Å². The molecule has 2 N–H and O–H groups in total. The Kier molecular flexibility index (Phi) is 5.87. The van der Waals surface area contributed by atoms with Gasteiger partial charge in [-0.1, -0.05) is 30.3 Å². The van der Waals surface area contributed by atoms with Gasteiger partial charge in [0.1, 0.15) is 17.9 Å². The molecule has 1 aromatic heterocycles. The van der Waals surface area contributed by atoms with E-state index in [0.29, 0.717) is 36.5 Å². The number of amides is 1. The molecule has 0 unspecified atom stereocenters. The van der Waals surface area contributed by atoms with E-state index in [9.17, 15) is 4.79 Å². The lowest BCUT2D eigenvalue weighted by molar-refractivity contribution is -0.120. The average Bonchev–Trinajstić information content (AvgIpc) is 2.99. The fourth-order valence-electron chi connectivity index (χ4n) is 2.30. The van der Waals surface area contributed by atoms with E-state index < -0.39 is 0 Å². The molecule has 7 heteroatoms. The van der Waals surface area contributed by atoms with Gasteiger partial charge in [-0.15, -0.1) is 0 Å². The van der Waals surface area contributed by atoms with Crippen LogP contribution in [0, 0.1) is 0 Å². The molecule has 3 aromatic rings. The van der Waals surface area contributed by atoms with Crippen LogP contribution in [0.15, 0.2) is 52.9 Å². The van der Waals surface area contributed by atoms with Crippen LogP contribution in [0.3, 0.4) is 0 Å². The molecule has 0 radical (unpaired) electrons. The molecule has 0 fully saturated rings. The first-order chi connectivity index (χ1) is 12.2. The molecule has 0 saturated heterocycles. The number of fused-ring (bicyclic) bond motifs is 1. The predicted molar refractivity (Wildman–Crippen MR) is 95.7 cm³/mol. The maximum absolute atomic E-state index is 11.8. The normalized spacial score (nSPS) is 10.8. The summed E-state index contributed by atoms with van der Waals surface area (Å²) in [5.74, 6) is 0.564. The van der Waals surface area contributed by atoms with Crippen LogP contribution in [0.25, 0.3) is 11.1 Å². The summed E-state index contributed by atoms with van der Waals surface area (Å²) in [5, 5.41) is 5.99. The van der Waals surface area contributed by atoms with Gasteiger partial charge in [-0.25, -0.2) is 0 Å². The molecular weight excluding hydrogens is 342 g/mol. The minimum atomic E-state index is -0.0722. The molecule has 1 heterocycles. The Morgan fingerprint density at radius 1 is 1.20 bits per heavy atom. The third kappa shape index (κ3) is 5.20. The van der Waals surface area contributed by atoms with Crippen molar-refractivity contribution in [3.8, 4) is 5.75 Å². The lowest BCUT2D eigenvalue weighted by Crippen LogP contribution is -2.35. The highest BCUT2D eigenvalue weighted by molar-refractivity contribution is 6.28. The number of hydrogen-bond donors (Lipinski definition) is 2. The van der Waals surface area contributed by atoms with Crippen molar-refractivity contribution in [2.75, 3.05) is 19.7 Å². The molecule has 0 saturated carbocycles. The third-order valence-corrected chi connectivity index (χ3v) is 3.65. The van der Waals surface area contributed by atoms with Crippen LogP contribution in [0.2, 0.25) is 5.35 Å². The van der Waals surface area contributed by atoms with Crippen molar-refractivity contribution in [2.45, 2.75) is 6.54 Å². The van der Waals surface area contributed by atoms with E-state index in [4.69, 9.17) is 20.8 Å². The molecule has 0 aliphatic carbocycles. The fraction of sp³-hybridized carbons (Fsp3) is 0.222. The second-order valence-corrected chi connectivity index (χ2v) is 5.71. The maximum Gasteiger partial charge on any atom is 0.293 e. The van der Waals surface area contributed by atoms with Crippen LogP contribution in [-0.4, -0.2) is 30.6 Å². The first-order valence-electron chi connectivity index (χ1n) is 7.91. The smallest absolute Gasteiger partial charge is 0.293 e. The van der Waals surface area contributed by atoms with Gasteiger partial charge < -0.3 is 19.8 Å². The second-order valence-electron chi connectivity index (χ2n) is 5.38. The zero-order valence-corrected chi connectivity index (χ0v) is 14.3. The second kappa shape index (κ2) is 8.50. The molecule has 0 aliphatic rings. The Morgan fingerprint density at radius 2 is 2.04 bits per heavy atom. The molecule has 25 heavy (non-hydrogen) atoms. The summed E-state index contributed by atoms with van der Waals surface area (Å²) in [6.07, 6.45) is 0. The van der Waals surface area contributed by atoms with Gasteiger partial charge in [-0.2, -0.15) is 4.98 Å². The summed E-state index contributed by atoms with van der Waals surface area (Å²) in [6, 6.07) is 15.2. The fourth-order valence-corrected chi connectivity index (χ4v) is 2.48. The number of halogens is 1. The molecule has 0 spiro atoms. The first kappa shape index (κ1) is 17.3. The Morgan fingerprint density at radius 3 is 2.88 bits per heavy atom. The molecule has 6 nitrogen and oxygen atoms in total. The van der Waals surface area contributed by atoms with E-state index in [1.807, 2.05) is 30.3 Å². The summed E-state index contributed by atoms with van der Waals surface area (Å²) in [6.45, 7) is 1.70. The van der Waals surface area contributed by atoms with Crippen molar-refractivity contribution >= 4 is 28.6 Å². The van der Waals surface area contributed by atoms with Crippen molar-refractivity contribution < 1.29 is 13.9 Å². The molecule has 3 rings (SSSR count). The van der Waals surface area contributed by atoms with E-state index in [0.717, 1.165) is 5.56 Å². The van der Waals surface area contributed by atoms with Gasteiger partial charge in [0.05, 0.1) is 13.1 Å². The van der Waals surface area contributed by atoms with Gasteiger partial charge in [-0.3, -0.25) is 4.79 Å². The Bertz CT molecular complexity index is 836. The number of nitrogens with one attached hydrogen (secondary N) is 2. The molecule has 2 aromatic carbocycles. The quantitative estimate of drug-likeness (QED) is 0.605. The van der Waals surface area contributed by atoms with Crippen LogP contribution in [0.5, 0.6) is 5.75 Å². The van der Waals surface area contributed by atoms with Gasteiger partial charge in [-0.05, 0) is 29.3 Å². The molecule has 1 amide bonds. The number of aromatic nitrogens is 1. The maximum atomic E-state index is 11.8. The zero-order valence-electron chi connectivity index (χ0n) is 13.5. The first-order valence-corrected chi connectivity index (χ1v) is 8.29. The van der Waals surface area contributed by atoms with Gasteiger partial charge >= 0.3 is 0 Å². The van der Waals surface area contributed by atoms with Gasteiger partial charge in [0, 0.05) is 12.6 Å². The van der Waals surface area contributed by atoms with E-state index in [-0.39, 0.29) is 17.8 Å². The van der Waals surface area contributed by atoms with Crippen LogP contribution in [0.1, 0.15) is 5.56 Å². The number of carbonyl (C=O) groups is 1. The summed E-state index contributed by atoms with van der Waals surface area (Å²) < 4.78 is 10.8. The van der Waals surface area contributed by atoms with E-state index >= 15 is 0 Å². The lowest BCUT2D eigenvalue weighted by atomic mass is 10.2. The van der Waals surface area contributed by atoms with Gasteiger partial charge in [0.25, 0.3) is 5.35 Å². The number of nitrogens with zero attached hydrogens (tertiary/aromatic N) is 1. The van der Waals surface area contributed by atoms with Gasteiger partial charge in [0.2, 0.25) is 5.91 Å². The Labute approximate surface area is 150 Å². The molecular formula is C18H18ClN3O3. The minimum absolute atomic E-state index is 0.0722. The number of oxazole rings is 1. The number of carbonyl (C=O) groups excluding carboxylic acids is 1. The molecule has 0 bridgehead atoms. The van der Waals surface area contributed by atoms with Crippen molar-refractivity contribution in [1.29, 1.82) is 0 Å². The van der Waals surface area contributed by atoms with Crippen LogP contribution < -0.4 is 15.4 Å². The third-order valence-electron chi connectivity index (χ3n) is 3.48. The van der Waals surface area contributed by atoms with E-state index in [1.54, 1.807) is 18.2 Å². The molecule has 0 atom stereocenters. The highest BCUT2D eigenvalue weighted by Crippen LogP contribution is 2.23. The van der Waals surface area contributed by atoms with Crippen molar-refractivity contribution in [3.05, 3.63) is 59.4 Å². The number of hydrogen-bond acceptors (Lipinski definition) is 5. The van der Waals surface area contributed by atoms with E-state index in [1.165, 1.54) is 0 Å². The summed E-state index contributed by atoms with van der Waals surface area (Å²) >= 11 is 5.71. The zero-order chi connectivity index (χ0) is 17.5. The lowest BCUT2D eigenvalue weighted by Gasteiger charge is -2.08. The summed E-state index contributed by atoms with van der Waals surface area (Å²) in [7, 11) is 0. The Balaban J connectivity index is 1.33. The monoisotopic (exact) mass is 359 g/mol. The topological polar surface area (TPSA) is 76.4 Å². The standard InChI is InChI=1S/C18H18ClN3O3/c19-18-22-15-7-6-14(10-16(15)25-18)24-9-8-21-17(23)12-20-11-13-4-2-1-3-5-13/h1-7,10,20H,8-9,11-12H2,(H,21,23).